The Morgan fingerprint density at radius 1 is 1.67 bits per heavy atom. The van der Waals surface area contributed by atoms with Crippen molar-refractivity contribution in [1.82, 2.24) is 0 Å². The van der Waals surface area contributed by atoms with Gasteiger partial charge in [-0.2, -0.15) is 0 Å². The van der Waals surface area contributed by atoms with Crippen LogP contribution in [0.25, 0.3) is 0 Å². The predicted molar refractivity (Wildman–Crippen MR) is 31.5 cm³/mol. The molecule has 0 atom stereocenters. The Morgan fingerprint density at radius 2 is 2.56 bits per heavy atom. The molecule has 0 unspecified atom stereocenters. The molecule has 1 N–H and O–H groups in total. The zero-order valence-corrected chi connectivity index (χ0v) is 4.68. The van der Waals surface area contributed by atoms with Crippen LogP contribution in [0, 0.1) is 0 Å². The summed E-state index contributed by atoms with van der Waals surface area (Å²) < 4.78 is 4.88. The van der Waals surface area contributed by atoms with Crippen LogP contribution in [0.2, 0.25) is 0 Å². The third kappa shape index (κ3) is 0.483. The molecule has 9 heavy (non-hydrogen) atoms. The van der Waals surface area contributed by atoms with Crippen molar-refractivity contribution in [3.63, 3.8) is 0 Å². The molecule has 1 aliphatic heterocycles. The maximum Gasteiger partial charge on any atom is 0.219 e. The molecule has 0 fully saturated rings. The maximum absolute atomic E-state index is 10.8. The summed E-state index contributed by atoms with van der Waals surface area (Å²) in [6.45, 7) is 0.384. The van der Waals surface area contributed by atoms with E-state index in [1.54, 1.807) is 6.07 Å². The fourth-order valence-electron chi connectivity index (χ4n) is 0.920. The van der Waals surface area contributed by atoms with Gasteiger partial charge in [0.15, 0.2) is 5.76 Å². The van der Waals surface area contributed by atoms with Crippen LogP contribution in [0.15, 0.2) is 16.7 Å². The van der Waals surface area contributed by atoms with E-state index in [9.17, 15) is 4.79 Å². The Balaban J connectivity index is 2.61. The normalized spacial score (nSPS) is 15.3. The second-order valence-electron chi connectivity index (χ2n) is 1.94. The zero-order chi connectivity index (χ0) is 6.27. The molecule has 2 rings (SSSR count). The smallest absolute Gasteiger partial charge is 0.219 e. The SMILES string of the molecule is O=C1CNc2ccoc21. The highest BCUT2D eigenvalue weighted by molar-refractivity contribution is 6.05. The summed E-state index contributed by atoms with van der Waals surface area (Å²) in [6, 6.07) is 1.75. The molecule has 3 nitrogen and oxygen atoms in total. The molecule has 1 aromatic heterocycles. The van der Waals surface area contributed by atoms with Gasteiger partial charge in [0.2, 0.25) is 5.78 Å². The van der Waals surface area contributed by atoms with Crippen LogP contribution in [0.5, 0.6) is 0 Å². The summed E-state index contributed by atoms with van der Waals surface area (Å²) in [5.74, 6) is 0.505. The van der Waals surface area contributed by atoms with Crippen molar-refractivity contribution < 1.29 is 9.21 Å². The maximum atomic E-state index is 10.8. The highest BCUT2D eigenvalue weighted by Crippen LogP contribution is 2.21. The van der Waals surface area contributed by atoms with E-state index in [2.05, 4.69) is 5.32 Å². The lowest BCUT2D eigenvalue weighted by Gasteiger charge is -1.83. The van der Waals surface area contributed by atoms with Gasteiger partial charge >= 0.3 is 0 Å². The number of carbonyl (C=O) groups is 1. The average Bonchev–Trinajstić information content (AvgIpc) is 2.35. The van der Waals surface area contributed by atoms with Crippen LogP contribution in [0.4, 0.5) is 5.69 Å². The molecule has 0 spiro atoms. The monoisotopic (exact) mass is 123 g/mol. The van der Waals surface area contributed by atoms with Crippen LogP contribution in [0.3, 0.4) is 0 Å². The largest absolute Gasteiger partial charge is 0.459 e. The third-order valence-corrected chi connectivity index (χ3v) is 1.36. The van der Waals surface area contributed by atoms with Gasteiger partial charge < -0.3 is 9.73 Å². The Labute approximate surface area is 51.7 Å². The van der Waals surface area contributed by atoms with E-state index < -0.39 is 0 Å². The van der Waals surface area contributed by atoms with Crippen molar-refractivity contribution in [1.29, 1.82) is 0 Å². The summed E-state index contributed by atoms with van der Waals surface area (Å²) in [5.41, 5.74) is 0.819. The van der Waals surface area contributed by atoms with Crippen LogP contribution in [-0.2, 0) is 0 Å². The van der Waals surface area contributed by atoms with E-state index in [0.29, 0.717) is 12.3 Å². The number of anilines is 1. The van der Waals surface area contributed by atoms with Crippen molar-refractivity contribution in [2.75, 3.05) is 11.9 Å². The van der Waals surface area contributed by atoms with Crippen LogP contribution in [-0.4, -0.2) is 12.3 Å². The van der Waals surface area contributed by atoms with E-state index >= 15 is 0 Å². The van der Waals surface area contributed by atoms with Crippen molar-refractivity contribution in [3.05, 3.63) is 18.1 Å². The first-order valence-corrected chi connectivity index (χ1v) is 2.72. The van der Waals surface area contributed by atoms with Gasteiger partial charge in [-0.15, -0.1) is 0 Å². The van der Waals surface area contributed by atoms with Crippen molar-refractivity contribution in [2.45, 2.75) is 0 Å². The number of fused-ring (bicyclic) bond motifs is 1. The van der Waals surface area contributed by atoms with E-state index in [4.69, 9.17) is 4.42 Å². The summed E-state index contributed by atoms with van der Waals surface area (Å²) in [6.07, 6.45) is 1.51. The van der Waals surface area contributed by atoms with Crippen molar-refractivity contribution in [3.8, 4) is 0 Å². The number of rotatable bonds is 0. The molecule has 1 aliphatic rings. The average molecular weight is 123 g/mol. The van der Waals surface area contributed by atoms with Crippen LogP contribution >= 0.6 is 0 Å². The predicted octanol–water partition coefficient (Wildman–Crippen LogP) is 0.888. The molecule has 0 saturated carbocycles. The lowest BCUT2D eigenvalue weighted by Crippen LogP contribution is -2.00. The first-order chi connectivity index (χ1) is 4.38. The van der Waals surface area contributed by atoms with Crippen LogP contribution in [0.1, 0.15) is 10.6 Å². The van der Waals surface area contributed by atoms with Crippen molar-refractivity contribution >= 4 is 11.5 Å². The van der Waals surface area contributed by atoms with Gasteiger partial charge in [0, 0.05) is 6.07 Å². The van der Waals surface area contributed by atoms with Crippen molar-refractivity contribution in [2.24, 2.45) is 0 Å². The van der Waals surface area contributed by atoms with Gasteiger partial charge in [0.25, 0.3) is 0 Å². The molecule has 0 aliphatic carbocycles. The lowest BCUT2D eigenvalue weighted by molar-refractivity contribution is 0.0989. The van der Waals surface area contributed by atoms with E-state index in [1.165, 1.54) is 6.26 Å². The van der Waals surface area contributed by atoms with Gasteiger partial charge in [-0.1, -0.05) is 0 Å². The summed E-state index contributed by atoms with van der Waals surface area (Å²) in [4.78, 5) is 10.8. The number of furan rings is 1. The number of carbonyl (C=O) groups excluding carboxylic acids is 1. The molecule has 46 valence electrons. The van der Waals surface area contributed by atoms with Gasteiger partial charge in [-0.25, -0.2) is 0 Å². The molecule has 0 amide bonds. The standard InChI is InChI=1S/C6H5NO2/c8-5-3-7-4-1-2-9-6(4)5/h1-2,7H,3H2. The Kier molecular flexibility index (Phi) is 0.704. The topological polar surface area (TPSA) is 42.2 Å². The minimum atomic E-state index is 0.0370. The molecule has 0 saturated heterocycles. The second kappa shape index (κ2) is 1.37. The number of Topliss-reactive ketones (excluding diaryl/α,β-unsaturated/α-hetero) is 1. The molecule has 0 aromatic carbocycles. The van der Waals surface area contributed by atoms with Gasteiger partial charge in [0.05, 0.1) is 18.5 Å². The van der Waals surface area contributed by atoms with E-state index in [-0.39, 0.29) is 5.78 Å². The molecule has 3 heteroatoms. The summed E-state index contributed by atoms with van der Waals surface area (Å²) >= 11 is 0. The van der Waals surface area contributed by atoms with E-state index in [0.717, 1.165) is 5.69 Å². The molecule has 0 radical (unpaired) electrons. The fraction of sp³-hybridized carbons (Fsp3) is 0.167. The first-order valence-electron chi connectivity index (χ1n) is 2.72. The summed E-state index contributed by atoms with van der Waals surface area (Å²) in [7, 11) is 0. The minimum Gasteiger partial charge on any atom is -0.459 e. The Hall–Kier alpha value is -1.25. The Bertz CT molecular complexity index is 251. The highest BCUT2D eigenvalue weighted by Gasteiger charge is 2.21. The first kappa shape index (κ1) is 4.61. The van der Waals surface area contributed by atoms with Gasteiger partial charge in [-0.05, 0) is 0 Å². The third-order valence-electron chi connectivity index (χ3n) is 1.36. The lowest BCUT2D eigenvalue weighted by atomic mass is 10.3. The number of hydrogen-bond acceptors (Lipinski definition) is 3. The number of nitrogens with one attached hydrogen (secondary N) is 1. The fourth-order valence-corrected chi connectivity index (χ4v) is 0.920. The number of hydrogen-bond donors (Lipinski definition) is 1. The molecular formula is C6H5NO2. The van der Waals surface area contributed by atoms with Gasteiger partial charge in [-0.3, -0.25) is 4.79 Å². The molecular weight excluding hydrogens is 118 g/mol. The second-order valence-corrected chi connectivity index (χ2v) is 1.94. The van der Waals surface area contributed by atoms with Crippen LogP contribution < -0.4 is 5.32 Å². The molecule has 1 aromatic rings. The molecule has 2 heterocycles. The highest BCUT2D eigenvalue weighted by atomic mass is 16.3. The zero-order valence-electron chi connectivity index (χ0n) is 4.68. The Morgan fingerprint density at radius 3 is 3.33 bits per heavy atom. The van der Waals surface area contributed by atoms with Gasteiger partial charge in [0.1, 0.15) is 0 Å². The number of ketones is 1. The quantitative estimate of drug-likeness (QED) is 0.557. The summed E-state index contributed by atoms with van der Waals surface area (Å²) in [5, 5.41) is 2.89. The molecule has 0 bridgehead atoms. The minimum absolute atomic E-state index is 0.0370. The van der Waals surface area contributed by atoms with E-state index in [1.807, 2.05) is 0 Å².